The largest absolute Gasteiger partial charge is 0.459 e. The Kier molecular flexibility index (Phi) is 5.00. The summed E-state index contributed by atoms with van der Waals surface area (Å²) in [5, 5.41) is 0. The minimum absolute atomic E-state index is 0.0706. The van der Waals surface area contributed by atoms with Crippen LogP contribution in [0, 0.1) is 12.8 Å². The van der Waals surface area contributed by atoms with Crippen molar-refractivity contribution in [2.24, 2.45) is 5.92 Å². The molecule has 4 nitrogen and oxygen atoms in total. The van der Waals surface area contributed by atoms with Crippen molar-refractivity contribution >= 4 is 12.0 Å². The summed E-state index contributed by atoms with van der Waals surface area (Å²) in [4.78, 5) is 12.1. The maximum atomic E-state index is 12.1. The van der Waals surface area contributed by atoms with Gasteiger partial charge in [0.15, 0.2) is 0 Å². The lowest BCUT2D eigenvalue weighted by Gasteiger charge is -2.25. The summed E-state index contributed by atoms with van der Waals surface area (Å²) in [6.45, 7) is 10.2. The quantitative estimate of drug-likeness (QED) is 0.566. The third kappa shape index (κ3) is 3.64. The molecule has 0 N–H and O–H groups in total. The number of aryl methyl sites for hydroxylation is 1. The van der Waals surface area contributed by atoms with Crippen molar-refractivity contribution in [1.82, 2.24) is 0 Å². The predicted octanol–water partition coefficient (Wildman–Crippen LogP) is 4.91. The molecular formula is C21H26O4. The Hall–Kier alpha value is -2.07. The van der Waals surface area contributed by atoms with Gasteiger partial charge < -0.3 is 13.9 Å². The summed E-state index contributed by atoms with van der Waals surface area (Å²) >= 11 is 0. The van der Waals surface area contributed by atoms with Crippen LogP contribution in [0.3, 0.4) is 0 Å². The summed E-state index contributed by atoms with van der Waals surface area (Å²) in [6.07, 6.45) is 5.68. The Balaban J connectivity index is 2.05. The monoisotopic (exact) mass is 342 g/mol. The fourth-order valence-corrected chi connectivity index (χ4v) is 3.74. The smallest absolute Gasteiger partial charge is 0.334 e. The standard InChI is InChI=1S/C21H26O4/c1-12(2)18-7-6-15-11-17(25-21(15)22)9-13(3)8-16-10-14(4)19(24-16)20(18)23-5/h8,10-11,17-18,20H,1,6-7,9H2,2-5H3/b13-8+/t17-,18-,20-/m0/s1. The van der Waals surface area contributed by atoms with Gasteiger partial charge in [-0.2, -0.15) is 0 Å². The molecule has 0 saturated carbocycles. The van der Waals surface area contributed by atoms with E-state index in [4.69, 9.17) is 13.9 Å². The highest BCUT2D eigenvalue weighted by Crippen LogP contribution is 2.38. The second-order valence-corrected chi connectivity index (χ2v) is 7.17. The van der Waals surface area contributed by atoms with Gasteiger partial charge in [0, 0.05) is 25.0 Å². The molecule has 0 saturated heterocycles. The lowest BCUT2D eigenvalue weighted by atomic mass is 9.86. The van der Waals surface area contributed by atoms with Crippen LogP contribution in [0.2, 0.25) is 0 Å². The van der Waals surface area contributed by atoms with Crippen LogP contribution in [0.25, 0.3) is 6.08 Å². The molecule has 0 aliphatic carbocycles. The number of carbonyl (C=O) groups excluding carboxylic acids is 1. The van der Waals surface area contributed by atoms with Crippen molar-refractivity contribution < 1.29 is 18.7 Å². The summed E-state index contributed by atoms with van der Waals surface area (Å²) < 4.78 is 17.4. The second-order valence-electron chi connectivity index (χ2n) is 7.17. The fourth-order valence-electron chi connectivity index (χ4n) is 3.74. The molecule has 3 heterocycles. The highest BCUT2D eigenvalue weighted by atomic mass is 16.5. The molecule has 0 spiro atoms. The Morgan fingerprint density at radius 2 is 2.12 bits per heavy atom. The molecule has 2 aliphatic rings. The zero-order valence-electron chi connectivity index (χ0n) is 15.4. The van der Waals surface area contributed by atoms with Gasteiger partial charge in [-0.05, 0) is 57.4 Å². The van der Waals surface area contributed by atoms with Crippen LogP contribution < -0.4 is 0 Å². The van der Waals surface area contributed by atoms with Crippen molar-refractivity contribution in [1.29, 1.82) is 0 Å². The van der Waals surface area contributed by atoms with Crippen LogP contribution in [0.4, 0.5) is 0 Å². The number of rotatable bonds is 2. The Labute approximate surface area is 149 Å². The second kappa shape index (κ2) is 7.04. The van der Waals surface area contributed by atoms with E-state index in [9.17, 15) is 4.79 Å². The van der Waals surface area contributed by atoms with Gasteiger partial charge in [0.05, 0.1) is 0 Å². The third-order valence-corrected chi connectivity index (χ3v) is 5.03. The zero-order chi connectivity index (χ0) is 18.1. The molecule has 0 fully saturated rings. The van der Waals surface area contributed by atoms with Crippen LogP contribution in [0.5, 0.6) is 0 Å². The van der Waals surface area contributed by atoms with Crippen LogP contribution in [0.1, 0.15) is 56.3 Å². The van der Waals surface area contributed by atoms with E-state index in [2.05, 4.69) is 6.58 Å². The van der Waals surface area contributed by atoms with Crippen molar-refractivity contribution in [3.8, 4) is 0 Å². The molecule has 134 valence electrons. The number of carbonyl (C=O) groups is 1. The number of ether oxygens (including phenoxy) is 2. The van der Waals surface area contributed by atoms with Crippen molar-refractivity contribution in [2.45, 2.75) is 52.2 Å². The molecule has 25 heavy (non-hydrogen) atoms. The van der Waals surface area contributed by atoms with Crippen LogP contribution in [-0.2, 0) is 14.3 Å². The van der Waals surface area contributed by atoms with Crippen LogP contribution in [0.15, 0.2) is 39.9 Å². The van der Waals surface area contributed by atoms with Gasteiger partial charge in [-0.1, -0.05) is 17.7 Å². The van der Waals surface area contributed by atoms with E-state index < -0.39 is 0 Å². The minimum atomic E-state index is -0.213. The maximum absolute atomic E-state index is 12.1. The average Bonchev–Trinajstić information content (AvgIpc) is 3.05. The van der Waals surface area contributed by atoms with E-state index in [-0.39, 0.29) is 24.1 Å². The predicted molar refractivity (Wildman–Crippen MR) is 97.0 cm³/mol. The molecule has 3 atom stereocenters. The Morgan fingerprint density at radius 3 is 2.80 bits per heavy atom. The first-order valence-corrected chi connectivity index (χ1v) is 8.76. The van der Waals surface area contributed by atoms with E-state index in [0.29, 0.717) is 12.8 Å². The molecule has 2 aliphatic heterocycles. The molecule has 1 aromatic rings. The molecule has 3 rings (SSSR count). The average molecular weight is 342 g/mol. The number of hydrogen-bond donors (Lipinski definition) is 0. The Morgan fingerprint density at radius 1 is 1.36 bits per heavy atom. The molecule has 0 radical (unpaired) electrons. The topological polar surface area (TPSA) is 48.7 Å². The van der Waals surface area contributed by atoms with Gasteiger partial charge in [0.1, 0.15) is 23.7 Å². The van der Waals surface area contributed by atoms with Crippen molar-refractivity contribution in [3.05, 3.63) is 52.5 Å². The van der Waals surface area contributed by atoms with E-state index in [1.54, 1.807) is 7.11 Å². The number of esters is 1. The first kappa shape index (κ1) is 17.7. The Bertz CT molecular complexity index is 750. The molecule has 1 aromatic heterocycles. The van der Waals surface area contributed by atoms with Crippen LogP contribution in [-0.4, -0.2) is 19.2 Å². The van der Waals surface area contributed by atoms with E-state index in [1.165, 1.54) is 0 Å². The first-order valence-electron chi connectivity index (χ1n) is 8.76. The highest BCUT2D eigenvalue weighted by Gasteiger charge is 2.31. The first-order chi connectivity index (χ1) is 11.9. The normalized spacial score (nSPS) is 28.8. The van der Waals surface area contributed by atoms with Crippen LogP contribution >= 0.6 is 0 Å². The molecule has 4 heteroatoms. The molecule has 0 amide bonds. The lowest BCUT2D eigenvalue weighted by molar-refractivity contribution is -0.139. The van der Waals surface area contributed by atoms with Crippen molar-refractivity contribution in [2.75, 3.05) is 7.11 Å². The summed E-state index contributed by atoms with van der Waals surface area (Å²) in [5.41, 5.74) is 3.97. The number of furan rings is 1. The van der Waals surface area contributed by atoms with Gasteiger partial charge >= 0.3 is 5.97 Å². The maximum Gasteiger partial charge on any atom is 0.334 e. The van der Waals surface area contributed by atoms with Gasteiger partial charge in [-0.25, -0.2) is 4.79 Å². The molecule has 4 bridgehead atoms. The van der Waals surface area contributed by atoms with E-state index in [0.717, 1.165) is 40.2 Å². The highest BCUT2D eigenvalue weighted by molar-refractivity contribution is 5.90. The minimum Gasteiger partial charge on any atom is -0.459 e. The van der Waals surface area contributed by atoms with E-state index in [1.807, 2.05) is 39.0 Å². The van der Waals surface area contributed by atoms with Gasteiger partial charge in [-0.15, -0.1) is 0 Å². The number of fused-ring (bicyclic) bond motifs is 3. The van der Waals surface area contributed by atoms with Crippen molar-refractivity contribution in [3.63, 3.8) is 0 Å². The zero-order valence-corrected chi connectivity index (χ0v) is 15.4. The molecule has 0 unspecified atom stereocenters. The number of methoxy groups -OCH3 is 1. The summed E-state index contributed by atoms with van der Waals surface area (Å²) in [5.74, 6) is 1.52. The lowest BCUT2D eigenvalue weighted by Crippen LogP contribution is -2.17. The number of hydrogen-bond acceptors (Lipinski definition) is 4. The molecule has 0 aromatic carbocycles. The SMILES string of the molecule is C=C(C)[C@@H]1CCC2=C[C@H](C/C(C)=C/c3cc(C)c(o3)[C@H]1OC)OC2=O. The summed E-state index contributed by atoms with van der Waals surface area (Å²) in [7, 11) is 1.69. The van der Waals surface area contributed by atoms with E-state index >= 15 is 0 Å². The fraction of sp³-hybridized carbons (Fsp3) is 0.476. The van der Waals surface area contributed by atoms with Gasteiger partial charge in [0.25, 0.3) is 0 Å². The van der Waals surface area contributed by atoms with Gasteiger partial charge in [0.2, 0.25) is 0 Å². The van der Waals surface area contributed by atoms with Gasteiger partial charge in [-0.3, -0.25) is 0 Å². The molecular weight excluding hydrogens is 316 g/mol. The third-order valence-electron chi connectivity index (χ3n) is 5.03. The summed E-state index contributed by atoms with van der Waals surface area (Å²) in [6, 6.07) is 2.04.